The van der Waals surface area contributed by atoms with Crippen LogP contribution in [0.3, 0.4) is 0 Å². The zero-order valence-electron chi connectivity index (χ0n) is 16.9. The number of hydrogen-bond donors (Lipinski definition) is 0. The number of halogens is 10. The van der Waals surface area contributed by atoms with E-state index in [0.29, 0.717) is 7.11 Å². The highest BCUT2D eigenvalue weighted by molar-refractivity contribution is 6.96. The third-order valence-corrected chi connectivity index (χ3v) is 5.23. The Balaban J connectivity index is 2.60. The Bertz CT molecular complexity index is 1200. The van der Waals surface area contributed by atoms with E-state index in [1.807, 2.05) is 0 Å². The predicted molar refractivity (Wildman–Crippen MR) is 99.6 cm³/mol. The third kappa shape index (κ3) is 3.70. The summed E-state index contributed by atoms with van der Waals surface area (Å²) in [6.45, 7) is -1.13. The van der Waals surface area contributed by atoms with Crippen molar-refractivity contribution >= 4 is 23.1 Å². The molecule has 0 aromatic heterocycles. The molecule has 0 saturated carbocycles. The van der Waals surface area contributed by atoms with Gasteiger partial charge < -0.3 is 4.74 Å². The first kappa shape index (κ1) is 24.5. The second-order valence-electron chi connectivity index (χ2n) is 7.02. The lowest BCUT2D eigenvalue weighted by atomic mass is 9.35. The maximum absolute atomic E-state index is 15.0. The first-order valence-electron chi connectivity index (χ1n) is 9.02. The Morgan fingerprint density at radius 2 is 0.879 bits per heavy atom. The van der Waals surface area contributed by atoms with Crippen LogP contribution < -0.4 is 21.1 Å². The van der Waals surface area contributed by atoms with E-state index in [2.05, 4.69) is 4.74 Å². The van der Waals surface area contributed by atoms with Gasteiger partial charge in [-0.3, -0.25) is 0 Å². The van der Waals surface area contributed by atoms with Gasteiger partial charge in [0.05, 0.1) is 7.11 Å². The van der Waals surface area contributed by atoms with Crippen molar-refractivity contribution < 1.29 is 48.6 Å². The molecule has 3 aromatic carbocycles. The number of methoxy groups -OCH3 is 1. The summed E-state index contributed by atoms with van der Waals surface area (Å²) in [7, 11) is 0.676. The fourth-order valence-electron chi connectivity index (χ4n) is 3.66. The summed E-state index contributed by atoms with van der Waals surface area (Å²) >= 11 is 0. The molecule has 0 aliphatic rings. The molecule has 12 heteroatoms. The lowest BCUT2D eigenvalue weighted by Crippen LogP contribution is -2.59. The number of benzene rings is 3. The summed E-state index contributed by atoms with van der Waals surface area (Å²) in [5.41, 5.74) is -5.95. The van der Waals surface area contributed by atoms with Crippen LogP contribution in [0, 0.1) is 72.0 Å². The van der Waals surface area contributed by atoms with Crippen LogP contribution in [0.15, 0.2) is 12.1 Å². The largest absolute Gasteiger partial charge is 0.491 e. The molecule has 33 heavy (non-hydrogen) atoms. The van der Waals surface area contributed by atoms with E-state index in [1.54, 1.807) is 0 Å². The van der Waals surface area contributed by atoms with E-state index in [4.69, 9.17) is 0 Å². The van der Waals surface area contributed by atoms with Gasteiger partial charge in [-0.05, 0) is 35.9 Å². The van der Waals surface area contributed by atoms with Gasteiger partial charge in [-0.1, -0.05) is 0 Å². The monoisotopic (exact) mass is 480 g/mol. The standard InChI is InChI=1S/C21H11BF10O/c1-6-12(8(23)4-10(25)15(6)27)22(13-7(2)16(28)11(26)5-9(13)24)14-17(29)19(31)21(33-3)20(32)18(14)30/h4-5H,1-3H3. The summed E-state index contributed by atoms with van der Waals surface area (Å²) < 4.78 is 148. The Morgan fingerprint density at radius 1 is 0.515 bits per heavy atom. The molecular formula is C21H11BF10O. The van der Waals surface area contributed by atoms with Gasteiger partial charge in [-0.2, -0.15) is 8.78 Å². The molecule has 0 heterocycles. The fraction of sp³-hybridized carbons (Fsp3) is 0.143. The molecule has 0 aliphatic heterocycles. The lowest BCUT2D eigenvalue weighted by molar-refractivity contribution is 0.335. The lowest BCUT2D eigenvalue weighted by Gasteiger charge is -2.23. The summed E-state index contributed by atoms with van der Waals surface area (Å²) in [4.78, 5) is 0. The molecule has 0 fully saturated rings. The molecule has 0 atom stereocenters. The van der Waals surface area contributed by atoms with Crippen LogP contribution in [0.1, 0.15) is 11.1 Å². The Morgan fingerprint density at radius 3 is 1.21 bits per heavy atom. The number of ether oxygens (including phenoxy) is 1. The van der Waals surface area contributed by atoms with Crippen molar-refractivity contribution in [2.45, 2.75) is 13.8 Å². The van der Waals surface area contributed by atoms with Crippen LogP contribution >= 0.6 is 0 Å². The minimum absolute atomic E-state index is 0.0518. The van der Waals surface area contributed by atoms with Crippen molar-refractivity contribution in [1.29, 1.82) is 0 Å². The highest BCUT2D eigenvalue weighted by Gasteiger charge is 2.41. The smallest absolute Gasteiger partial charge is 0.257 e. The molecule has 0 N–H and O–H groups in total. The van der Waals surface area contributed by atoms with Crippen LogP contribution in [0.4, 0.5) is 43.9 Å². The maximum Gasteiger partial charge on any atom is 0.257 e. The first-order valence-corrected chi connectivity index (χ1v) is 9.02. The second-order valence-corrected chi connectivity index (χ2v) is 7.02. The van der Waals surface area contributed by atoms with Gasteiger partial charge >= 0.3 is 0 Å². The molecule has 0 radical (unpaired) electrons. The van der Waals surface area contributed by atoms with E-state index < -0.39 is 98.1 Å². The molecular weight excluding hydrogens is 469 g/mol. The van der Waals surface area contributed by atoms with E-state index >= 15 is 0 Å². The van der Waals surface area contributed by atoms with Gasteiger partial charge in [0.2, 0.25) is 11.6 Å². The van der Waals surface area contributed by atoms with Crippen molar-refractivity contribution in [2.75, 3.05) is 7.11 Å². The summed E-state index contributed by atoms with van der Waals surface area (Å²) in [6.07, 6.45) is 0. The van der Waals surface area contributed by atoms with E-state index in [0.717, 1.165) is 13.8 Å². The van der Waals surface area contributed by atoms with Crippen molar-refractivity contribution in [3.05, 3.63) is 81.4 Å². The van der Waals surface area contributed by atoms with Crippen LogP contribution in [0.25, 0.3) is 0 Å². The minimum Gasteiger partial charge on any atom is -0.491 e. The quantitative estimate of drug-likeness (QED) is 0.309. The maximum atomic E-state index is 15.0. The van der Waals surface area contributed by atoms with Gasteiger partial charge in [0.25, 0.3) is 6.71 Å². The van der Waals surface area contributed by atoms with Gasteiger partial charge in [0.1, 0.15) is 11.6 Å². The van der Waals surface area contributed by atoms with Crippen LogP contribution in [0.5, 0.6) is 5.75 Å². The molecule has 3 aromatic rings. The second kappa shape index (κ2) is 8.64. The Labute approximate surface area is 180 Å². The van der Waals surface area contributed by atoms with Crippen LogP contribution in [-0.4, -0.2) is 13.8 Å². The molecule has 0 saturated heterocycles. The summed E-state index contributed by atoms with van der Waals surface area (Å²) in [5, 5.41) is 0. The summed E-state index contributed by atoms with van der Waals surface area (Å²) in [6, 6.07) is -0.104. The molecule has 0 spiro atoms. The first-order chi connectivity index (χ1) is 15.3. The minimum atomic E-state index is -2.61. The highest BCUT2D eigenvalue weighted by Crippen LogP contribution is 2.26. The predicted octanol–water partition coefficient (Wildman–Crippen LogP) is 4.22. The summed E-state index contributed by atoms with van der Waals surface area (Å²) in [5.74, 6) is -20.5. The van der Waals surface area contributed by atoms with Gasteiger partial charge in [-0.25, -0.2) is 35.1 Å². The molecule has 1 nitrogen and oxygen atoms in total. The highest BCUT2D eigenvalue weighted by atomic mass is 19.2. The number of rotatable bonds is 4. The zero-order chi connectivity index (χ0) is 24.9. The number of hydrogen-bond acceptors (Lipinski definition) is 1. The molecule has 0 bridgehead atoms. The van der Waals surface area contributed by atoms with Crippen LogP contribution in [0.2, 0.25) is 0 Å². The van der Waals surface area contributed by atoms with Crippen molar-refractivity contribution in [2.24, 2.45) is 0 Å². The fourth-order valence-corrected chi connectivity index (χ4v) is 3.66. The average molecular weight is 480 g/mol. The topological polar surface area (TPSA) is 9.23 Å². The zero-order valence-corrected chi connectivity index (χ0v) is 16.9. The van der Waals surface area contributed by atoms with E-state index in [9.17, 15) is 43.9 Å². The van der Waals surface area contributed by atoms with Crippen molar-refractivity contribution in [1.82, 2.24) is 0 Å². The van der Waals surface area contributed by atoms with Crippen LogP contribution in [-0.2, 0) is 0 Å². The molecule has 174 valence electrons. The normalized spacial score (nSPS) is 11.2. The molecule has 0 amide bonds. The third-order valence-electron chi connectivity index (χ3n) is 5.23. The van der Waals surface area contributed by atoms with Gasteiger partial charge in [-0.15, -0.1) is 0 Å². The molecule has 3 rings (SSSR count). The molecule has 0 aliphatic carbocycles. The Kier molecular flexibility index (Phi) is 6.41. The van der Waals surface area contributed by atoms with E-state index in [-0.39, 0.29) is 12.1 Å². The van der Waals surface area contributed by atoms with Crippen molar-refractivity contribution in [3.8, 4) is 5.75 Å². The van der Waals surface area contributed by atoms with Gasteiger partial charge in [0, 0.05) is 17.6 Å². The molecule has 0 unspecified atom stereocenters. The Hall–Kier alpha value is -3.18. The van der Waals surface area contributed by atoms with Gasteiger partial charge in [0.15, 0.2) is 40.7 Å². The average Bonchev–Trinajstić information content (AvgIpc) is 2.75. The van der Waals surface area contributed by atoms with E-state index in [1.165, 1.54) is 0 Å². The van der Waals surface area contributed by atoms with Crippen molar-refractivity contribution in [3.63, 3.8) is 0 Å². The SMILES string of the molecule is COc1c(F)c(F)c(B(c2c(F)cc(F)c(F)c2C)c2c(F)cc(F)c(F)c2C)c(F)c1F.